The number of nitrogens with zero attached hydrogens (tertiary/aromatic N) is 6. The molecule has 0 amide bonds. The van der Waals surface area contributed by atoms with E-state index in [-0.39, 0.29) is 22.1 Å². The van der Waals surface area contributed by atoms with Gasteiger partial charge in [0.2, 0.25) is 0 Å². The molecule has 0 unspecified atom stereocenters. The van der Waals surface area contributed by atoms with Crippen molar-refractivity contribution in [3.05, 3.63) is 34.3 Å². The molecule has 0 aliphatic heterocycles. The van der Waals surface area contributed by atoms with Crippen LogP contribution in [0, 0.1) is 10.1 Å². The summed E-state index contributed by atoms with van der Waals surface area (Å²) in [5.74, 6) is -0.254. The Morgan fingerprint density at radius 1 is 1.60 bits per heavy atom. The van der Waals surface area contributed by atoms with Crippen molar-refractivity contribution >= 4 is 23.3 Å². The lowest BCUT2D eigenvalue weighted by atomic mass is 10.2. The van der Waals surface area contributed by atoms with E-state index in [1.807, 2.05) is 0 Å². The molecule has 0 fully saturated rings. The van der Waals surface area contributed by atoms with Crippen molar-refractivity contribution in [3.63, 3.8) is 0 Å². The Bertz CT molecular complexity index is 684. The van der Waals surface area contributed by atoms with E-state index in [9.17, 15) is 10.1 Å². The quantitative estimate of drug-likeness (QED) is 0.270. The lowest BCUT2D eigenvalue weighted by Crippen LogP contribution is -2.14. The number of aryl methyl sites for hydroxylation is 1. The highest BCUT2D eigenvalue weighted by Crippen LogP contribution is 2.31. The second kappa shape index (κ2) is 5.52. The molecule has 2 rings (SSSR count). The molecule has 0 aromatic carbocycles. The summed E-state index contributed by atoms with van der Waals surface area (Å²) >= 11 is 0.997. The van der Waals surface area contributed by atoms with E-state index in [2.05, 4.69) is 20.2 Å². The minimum atomic E-state index is -0.597. The van der Waals surface area contributed by atoms with E-state index in [1.54, 1.807) is 7.05 Å². The fraction of sp³-hybridized carbons (Fsp3) is 0.111. The highest BCUT2D eigenvalue weighted by molar-refractivity contribution is 7.99. The maximum Gasteiger partial charge on any atom is 0.302 e. The Morgan fingerprint density at radius 2 is 2.35 bits per heavy atom. The molecule has 2 heterocycles. The fourth-order valence-corrected chi connectivity index (χ4v) is 2.11. The number of nitrogens with two attached hydrogens (primary N) is 1. The zero-order valence-electron chi connectivity index (χ0n) is 10.2. The Morgan fingerprint density at radius 3 is 2.90 bits per heavy atom. The van der Waals surface area contributed by atoms with Crippen molar-refractivity contribution < 1.29 is 10.1 Å². The molecule has 0 saturated carbocycles. The molecule has 10 nitrogen and oxygen atoms in total. The van der Waals surface area contributed by atoms with Gasteiger partial charge in [-0.1, -0.05) is 5.16 Å². The maximum absolute atomic E-state index is 11.1. The Labute approximate surface area is 116 Å². The second-order valence-electron chi connectivity index (χ2n) is 3.56. The topological polar surface area (TPSA) is 145 Å². The Hall–Kier alpha value is -2.69. The van der Waals surface area contributed by atoms with Gasteiger partial charge >= 0.3 is 5.69 Å². The average molecular weight is 295 g/mol. The van der Waals surface area contributed by atoms with E-state index < -0.39 is 4.92 Å². The Balaban J connectivity index is 2.43. The van der Waals surface area contributed by atoms with E-state index in [4.69, 9.17) is 10.9 Å². The second-order valence-corrected chi connectivity index (χ2v) is 4.51. The van der Waals surface area contributed by atoms with Crippen LogP contribution in [0.1, 0.15) is 5.56 Å². The van der Waals surface area contributed by atoms with Crippen molar-refractivity contribution in [2.75, 3.05) is 0 Å². The molecule has 0 saturated heterocycles. The molecule has 0 radical (unpaired) electrons. The summed E-state index contributed by atoms with van der Waals surface area (Å²) in [4.78, 5) is 18.4. The van der Waals surface area contributed by atoms with Gasteiger partial charge in [0.15, 0.2) is 16.0 Å². The van der Waals surface area contributed by atoms with Gasteiger partial charge in [-0.3, -0.25) is 10.1 Å². The number of rotatable bonds is 4. The number of nitro groups is 1. The van der Waals surface area contributed by atoms with Gasteiger partial charge < -0.3 is 10.9 Å². The molecule has 104 valence electrons. The van der Waals surface area contributed by atoms with Crippen LogP contribution in [-0.4, -0.2) is 35.7 Å². The smallest absolute Gasteiger partial charge is 0.302 e. The van der Waals surface area contributed by atoms with Gasteiger partial charge in [-0.15, -0.1) is 0 Å². The first-order valence-corrected chi connectivity index (χ1v) is 5.98. The van der Waals surface area contributed by atoms with E-state index in [1.165, 1.54) is 23.3 Å². The zero-order chi connectivity index (χ0) is 14.7. The van der Waals surface area contributed by atoms with Crippen molar-refractivity contribution in [2.24, 2.45) is 17.9 Å². The third-order valence-corrected chi connectivity index (χ3v) is 3.35. The molecule has 20 heavy (non-hydrogen) atoms. The summed E-state index contributed by atoms with van der Waals surface area (Å²) in [6, 6.07) is 1.18. The van der Waals surface area contributed by atoms with Crippen molar-refractivity contribution in [3.8, 4) is 0 Å². The van der Waals surface area contributed by atoms with Gasteiger partial charge in [0.25, 0.3) is 0 Å². The van der Waals surface area contributed by atoms with Crippen LogP contribution in [0.2, 0.25) is 0 Å². The number of oxime groups is 1. The number of hydrogen-bond acceptors (Lipinski definition) is 8. The standard InChI is InChI=1S/C9H9N7O3S/c1-15-9(12-4-13-15)20-8-6(16(18)19)2-5(3-11-8)7(10)14-17/h2-4,17H,1H3,(H2,10,14). The number of hydrogen-bond donors (Lipinski definition) is 2. The molecule has 2 aromatic rings. The fourth-order valence-electron chi connectivity index (χ4n) is 1.31. The number of pyridine rings is 1. The van der Waals surface area contributed by atoms with Crippen LogP contribution in [0.4, 0.5) is 5.69 Å². The molecular formula is C9H9N7O3S. The Kier molecular flexibility index (Phi) is 3.79. The van der Waals surface area contributed by atoms with Crippen molar-refractivity contribution in [2.45, 2.75) is 10.2 Å². The molecule has 0 aliphatic rings. The van der Waals surface area contributed by atoms with Crippen LogP contribution in [0.5, 0.6) is 0 Å². The molecular weight excluding hydrogens is 286 g/mol. The largest absolute Gasteiger partial charge is 0.409 e. The van der Waals surface area contributed by atoms with Crippen LogP contribution in [0.25, 0.3) is 0 Å². The van der Waals surface area contributed by atoms with Crippen LogP contribution in [0.3, 0.4) is 0 Å². The van der Waals surface area contributed by atoms with Crippen LogP contribution in [-0.2, 0) is 7.05 Å². The summed E-state index contributed by atoms with van der Waals surface area (Å²) < 4.78 is 1.47. The van der Waals surface area contributed by atoms with Gasteiger partial charge in [0, 0.05) is 24.9 Å². The summed E-state index contributed by atoms with van der Waals surface area (Å²) in [5.41, 5.74) is 5.27. The summed E-state index contributed by atoms with van der Waals surface area (Å²) in [6.07, 6.45) is 2.61. The summed E-state index contributed by atoms with van der Waals surface area (Å²) in [7, 11) is 1.66. The minimum Gasteiger partial charge on any atom is -0.409 e. The van der Waals surface area contributed by atoms with Crippen molar-refractivity contribution in [1.82, 2.24) is 19.7 Å². The number of amidine groups is 1. The monoisotopic (exact) mass is 295 g/mol. The third kappa shape index (κ3) is 2.66. The highest BCUT2D eigenvalue weighted by Gasteiger charge is 2.20. The van der Waals surface area contributed by atoms with Gasteiger partial charge in [0.1, 0.15) is 6.33 Å². The van der Waals surface area contributed by atoms with E-state index in [0.717, 1.165) is 11.8 Å². The van der Waals surface area contributed by atoms with E-state index >= 15 is 0 Å². The molecule has 0 spiro atoms. The van der Waals surface area contributed by atoms with Gasteiger partial charge in [-0.2, -0.15) is 5.10 Å². The van der Waals surface area contributed by atoms with E-state index in [0.29, 0.717) is 5.16 Å². The van der Waals surface area contributed by atoms with Gasteiger partial charge in [-0.25, -0.2) is 14.6 Å². The first-order chi connectivity index (χ1) is 9.52. The van der Waals surface area contributed by atoms with Gasteiger partial charge in [-0.05, 0) is 11.8 Å². The predicted octanol–water partition coefficient (Wildman–Crippen LogP) is 0.364. The SMILES string of the molecule is Cn1ncnc1Sc1ncc(C(N)=NO)cc1[N+](=O)[O-]. The molecule has 2 aromatic heterocycles. The third-order valence-electron chi connectivity index (χ3n) is 2.29. The van der Waals surface area contributed by atoms with Crippen LogP contribution in [0.15, 0.2) is 33.9 Å². The number of aromatic nitrogens is 4. The zero-order valence-corrected chi connectivity index (χ0v) is 11.0. The van der Waals surface area contributed by atoms with Crippen molar-refractivity contribution in [1.29, 1.82) is 0 Å². The average Bonchev–Trinajstić information content (AvgIpc) is 2.83. The molecule has 0 aliphatic carbocycles. The predicted molar refractivity (Wildman–Crippen MR) is 68.5 cm³/mol. The molecule has 0 bridgehead atoms. The van der Waals surface area contributed by atoms with Crippen LogP contribution < -0.4 is 5.73 Å². The summed E-state index contributed by atoms with van der Waals surface area (Å²) in [6.45, 7) is 0. The minimum absolute atomic E-state index is 0.139. The lowest BCUT2D eigenvalue weighted by Gasteiger charge is -2.03. The molecule has 3 N–H and O–H groups in total. The summed E-state index contributed by atoms with van der Waals surface area (Å²) in [5, 5.41) is 26.9. The first kappa shape index (κ1) is 13.7. The van der Waals surface area contributed by atoms with Gasteiger partial charge in [0.05, 0.1) is 4.92 Å². The maximum atomic E-state index is 11.1. The normalized spacial score (nSPS) is 11.6. The highest BCUT2D eigenvalue weighted by atomic mass is 32.2. The first-order valence-electron chi connectivity index (χ1n) is 5.17. The molecule has 0 atom stereocenters. The molecule has 11 heteroatoms. The van der Waals surface area contributed by atoms with Crippen LogP contribution >= 0.6 is 11.8 Å². The lowest BCUT2D eigenvalue weighted by molar-refractivity contribution is -0.388.